The minimum absolute atomic E-state index is 0.0646. The van der Waals surface area contributed by atoms with E-state index in [-0.39, 0.29) is 23.4 Å². The summed E-state index contributed by atoms with van der Waals surface area (Å²) in [5, 5.41) is 10.7. The second-order valence-corrected chi connectivity index (χ2v) is 11.7. The molecule has 2 aromatic rings. The molecule has 6 nitrogen and oxygen atoms in total. The number of amides is 1. The number of likely N-dealkylation sites (tertiary alicyclic amines) is 2. The average molecular weight is 563 g/mol. The van der Waals surface area contributed by atoms with Gasteiger partial charge in [-0.05, 0) is 93.3 Å². The number of rotatable bonds is 8. The number of ether oxygens (including phenoxy) is 1. The van der Waals surface area contributed by atoms with Crippen LogP contribution in [0.1, 0.15) is 78.9 Å². The van der Waals surface area contributed by atoms with E-state index in [4.69, 9.17) is 27.9 Å². The Morgan fingerprint density at radius 3 is 2.45 bits per heavy atom. The van der Waals surface area contributed by atoms with Gasteiger partial charge in [-0.2, -0.15) is 0 Å². The summed E-state index contributed by atoms with van der Waals surface area (Å²) in [6.45, 7) is 4.74. The molecule has 0 spiro atoms. The molecule has 2 aliphatic heterocycles. The first-order valence-electron chi connectivity index (χ1n) is 13.4. The van der Waals surface area contributed by atoms with Crippen molar-refractivity contribution < 1.29 is 23.8 Å². The molecule has 1 aliphatic carbocycles. The van der Waals surface area contributed by atoms with Crippen molar-refractivity contribution in [3.63, 3.8) is 0 Å². The van der Waals surface area contributed by atoms with Crippen molar-refractivity contribution in [2.45, 2.75) is 63.5 Å². The maximum Gasteiger partial charge on any atom is 0.326 e. The van der Waals surface area contributed by atoms with Crippen LogP contribution in [0.4, 0.5) is 4.39 Å². The lowest BCUT2D eigenvalue weighted by Gasteiger charge is -2.37. The standard InChI is InChI=1S/C29H33Cl2FN2O4/c1-17(20-10-21(30)12-22(31)11-20)33-8-2-4-18(15-33)16-38-27-14-25(32)24(13-23(27)19-6-7-19)28(35)34-9-3-5-26(34)29(36)37/h10-14,17-19,26H,2-9,15-16H2,1H3,(H,36,37)/t17-,18-,26?/m0/s1. The molecule has 1 unspecified atom stereocenters. The van der Waals surface area contributed by atoms with E-state index in [0.717, 1.165) is 49.9 Å². The summed E-state index contributed by atoms with van der Waals surface area (Å²) < 4.78 is 21.5. The van der Waals surface area contributed by atoms with Crippen LogP contribution in [0, 0.1) is 11.7 Å². The predicted octanol–water partition coefficient (Wildman–Crippen LogP) is 6.55. The highest BCUT2D eigenvalue weighted by Crippen LogP contribution is 2.45. The summed E-state index contributed by atoms with van der Waals surface area (Å²) in [5.74, 6) is -1.27. The number of carboxylic acid groups (broad SMARTS) is 1. The van der Waals surface area contributed by atoms with Gasteiger partial charge in [-0.1, -0.05) is 23.2 Å². The molecule has 2 aromatic carbocycles. The Hall–Kier alpha value is -2.35. The molecule has 5 rings (SSSR count). The molecule has 1 amide bonds. The molecule has 204 valence electrons. The van der Waals surface area contributed by atoms with Crippen LogP contribution in [0.3, 0.4) is 0 Å². The molecule has 1 saturated carbocycles. The number of piperidine rings is 1. The van der Waals surface area contributed by atoms with Gasteiger partial charge in [0.1, 0.15) is 17.6 Å². The number of halogens is 3. The number of carbonyl (C=O) groups is 2. The molecule has 0 bridgehead atoms. The smallest absolute Gasteiger partial charge is 0.326 e. The summed E-state index contributed by atoms with van der Waals surface area (Å²) >= 11 is 12.4. The first kappa shape index (κ1) is 27.2. The van der Waals surface area contributed by atoms with Gasteiger partial charge in [-0.15, -0.1) is 0 Å². The maximum atomic E-state index is 15.2. The van der Waals surface area contributed by atoms with Gasteiger partial charge in [0.05, 0.1) is 12.2 Å². The number of nitrogens with zero attached hydrogens (tertiary/aromatic N) is 2. The third kappa shape index (κ3) is 5.95. The molecule has 9 heteroatoms. The average Bonchev–Trinajstić information content (AvgIpc) is 3.60. The van der Waals surface area contributed by atoms with Crippen LogP contribution in [0.2, 0.25) is 10.0 Å². The van der Waals surface area contributed by atoms with Crippen LogP contribution in [0.25, 0.3) is 0 Å². The summed E-state index contributed by atoms with van der Waals surface area (Å²) in [7, 11) is 0. The largest absolute Gasteiger partial charge is 0.493 e. The second kappa shape index (κ2) is 11.4. The summed E-state index contributed by atoms with van der Waals surface area (Å²) in [6.07, 6.45) is 4.97. The lowest BCUT2D eigenvalue weighted by Crippen LogP contribution is -2.40. The van der Waals surface area contributed by atoms with Gasteiger partial charge in [0, 0.05) is 41.2 Å². The van der Waals surface area contributed by atoms with Gasteiger partial charge in [-0.25, -0.2) is 9.18 Å². The van der Waals surface area contributed by atoms with Gasteiger partial charge in [0.25, 0.3) is 5.91 Å². The van der Waals surface area contributed by atoms with E-state index in [9.17, 15) is 14.7 Å². The van der Waals surface area contributed by atoms with E-state index in [0.29, 0.717) is 41.8 Å². The molecule has 3 aliphatic rings. The lowest BCUT2D eigenvalue weighted by atomic mass is 9.95. The fourth-order valence-corrected chi connectivity index (χ4v) is 6.36. The molecule has 2 saturated heterocycles. The van der Waals surface area contributed by atoms with Crippen LogP contribution >= 0.6 is 23.2 Å². The van der Waals surface area contributed by atoms with Crippen molar-refractivity contribution in [3.8, 4) is 5.75 Å². The molecule has 3 fully saturated rings. The van der Waals surface area contributed by atoms with E-state index in [2.05, 4.69) is 11.8 Å². The van der Waals surface area contributed by atoms with Gasteiger partial charge < -0.3 is 14.7 Å². The highest BCUT2D eigenvalue weighted by molar-refractivity contribution is 6.34. The molecular formula is C29H33Cl2FN2O4. The minimum atomic E-state index is -1.05. The zero-order chi connectivity index (χ0) is 27.0. The summed E-state index contributed by atoms with van der Waals surface area (Å²) in [6, 6.07) is 7.81. The zero-order valence-corrected chi connectivity index (χ0v) is 23.0. The highest BCUT2D eigenvalue weighted by atomic mass is 35.5. The Bertz CT molecular complexity index is 1200. The third-order valence-corrected chi connectivity index (χ3v) is 8.52. The Kier molecular flexibility index (Phi) is 8.17. The number of hydrogen-bond donors (Lipinski definition) is 1. The fraction of sp³-hybridized carbons (Fsp3) is 0.517. The van der Waals surface area contributed by atoms with Crippen molar-refractivity contribution in [1.82, 2.24) is 9.80 Å². The number of aliphatic carboxylic acids is 1. The van der Waals surface area contributed by atoms with Gasteiger partial charge in [0.15, 0.2) is 0 Å². The van der Waals surface area contributed by atoms with E-state index in [1.165, 1.54) is 11.0 Å². The van der Waals surface area contributed by atoms with Crippen LogP contribution in [-0.2, 0) is 4.79 Å². The first-order chi connectivity index (χ1) is 18.2. The molecule has 38 heavy (non-hydrogen) atoms. The van der Waals surface area contributed by atoms with Crippen LogP contribution in [0.5, 0.6) is 5.75 Å². The molecule has 3 atom stereocenters. The second-order valence-electron chi connectivity index (χ2n) is 10.8. The predicted molar refractivity (Wildman–Crippen MR) is 145 cm³/mol. The molecule has 2 heterocycles. The molecule has 0 radical (unpaired) electrons. The number of carbonyl (C=O) groups excluding carboxylic acids is 1. The number of carboxylic acids is 1. The monoisotopic (exact) mass is 562 g/mol. The Balaban J connectivity index is 1.28. The van der Waals surface area contributed by atoms with E-state index in [1.807, 2.05) is 12.1 Å². The quantitative estimate of drug-likeness (QED) is 0.395. The third-order valence-electron chi connectivity index (χ3n) is 8.09. The highest BCUT2D eigenvalue weighted by Gasteiger charge is 2.37. The van der Waals surface area contributed by atoms with Crippen LogP contribution in [-0.4, -0.2) is 59.1 Å². The van der Waals surface area contributed by atoms with E-state index < -0.39 is 23.7 Å². The lowest BCUT2D eigenvalue weighted by molar-refractivity contribution is -0.141. The van der Waals surface area contributed by atoms with Crippen molar-refractivity contribution in [3.05, 3.63) is 62.9 Å². The Labute approximate surface area is 232 Å². The van der Waals surface area contributed by atoms with Crippen molar-refractivity contribution >= 4 is 35.1 Å². The Morgan fingerprint density at radius 1 is 1.05 bits per heavy atom. The SMILES string of the molecule is C[C@@H](c1cc(Cl)cc(Cl)c1)N1CCC[C@H](COc2cc(F)c(C(=O)N3CCCC3C(=O)O)cc2C2CC2)C1. The van der Waals surface area contributed by atoms with Gasteiger partial charge >= 0.3 is 5.97 Å². The van der Waals surface area contributed by atoms with E-state index >= 15 is 4.39 Å². The first-order valence-corrected chi connectivity index (χ1v) is 14.2. The van der Waals surface area contributed by atoms with Crippen molar-refractivity contribution in [2.24, 2.45) is 5.92 Å². The molecule has 0 aromatic heterocycles. The summed E-state index contributed by atoms with van der Waals surface area (Å²) in [4.78, 5) is 28.4. The summed E-state index contributed by atoms with van der Waals surface area (Å²) in [5.41, 5.74) is 1.85. The van der Waals surface area contributed by atoms with Gasteiger partial charge in [-0.3, -0.25) is 9.69 Å². The topological polar surface area (TPSA) is 70.1 Å². The number of hydrogen-bond acceptors (Lipinski definition) is 4. The fourth-order valence-electron chi connectivity index (χ4n) is 5.82. The molecule has 1 N–H and O–H groups in total. The molecular weight excluding hydrogens is 530 g/mol. The van der Waals surface area contributed by atoms with Gasteiger partial charge in [0.2, 0.25) is 0 Å². The van der Waals surface area contributed by atoms with Crippen LogP contribution < -0.4 is 4.74 Å². The van der Waals surface area contributed by atoms with Crippen molar-refractivity contribution in [1.29, 1.82) is 0 Å². The van der Waals surface area contributed by atoms with E-state index in [1.54, 1.807) is 12.1 Å². The minimum Gasteiger partial charge on any atom is -0.493 e. The number of benzene rings is 2. The normalized spacial score (nSPS) is 22.9. The Morgan fingerprint density at radius 2 is 1.76 bits per heavy atom. The maximum absolute atomic E-state index is 15.2. The zero-order valence-electron chi connectivity index (χ0n) is 21.5. The van der Waals surface area contributed by atoms with Crippen molar-refractivity contribution in [2.75, 3.05) is 26.2 Å². The van der Waals surface area contributed by atoms with Crippen LogP contribution in [0.15, 0.2) is 30.3 Å².